The fourth-order valence-electron chi connectivity index (χ4n) is 2.86. The molecule has 0 bridgehead atoms. The van der Waals surface area contributed by atoms with Crippen LogP contribution in [0.1, 0.15) is 20.8 Å². The van der Waals surface area contributed by atoms with Gasteiger partial charge in [0.15, 0.2) is 8.32 Å². The Bertz CT molecular complexity index is 503. The van der Waals surface area contributed by atoms with Gasteiger partial charge in [0, 0.05) is 24.0 Å². The van der Waals surface area contributed by atoms with Crippen molar-refractivity contribution in [1.82, 2.24) is 10.0 Å². The smallest absolute Gasteiger partial charge is 0.209 e. The lowest BCUT2D eigenvalue weighted by Crippen LogP contribution is -2.51. The van der Waals surface area contributed by atoms with Crippen LogP contribution >= 0.6 is 0 Å². The molecule has 6 nitrogen and oxygen atoms in total. The van der Waals surface area contributed by atoms with Crippen LogP contribution in [0.5, 0.6) is 0 Å². The van der Waals surface area contributed by atoms with Crippen LogP contribution in [0, 0.1) is 5.92 Å². The molecule has 0 aromatic carbocycles. The normalized spacial score (nSPS) is 33.2. The minimum absolute atomic E-state index is 0.00255. The minimum atomic E-state index is -3.25. The summed E-state index contributed by atoms with van der Waals surface area (Å²) >= 11 is 0. The van der Waals surface area contributed by atoms with Crippen molar-refractivity contribution in [3.8, 4) is 0 Å². The summed E-state index contributed by atoms with van der Waals surface area (Å²) in [5.74, 6) is 0.183. The van der Waals surface area contributed by atoms with Gasteiger partial charge in [0.25, 0.3) is 0 Å². The molecule has 0 aromatic rings. The third-order valence-electron chi connectivity index (χ3n) is 5.23. The lowest BCUT2D eigenvalue weighted by Gasteiger charge is -2.37. The van der Waals surface area contributed by atoms with Gasteiger partial charge in [0.1, 0.15) is 0 Å². The van der Waals surface area contributed by atoms with Gasteiger partial charge in [-0.2, -0.15) is 0 Å². The predicted molar refractivity (Wildman–Crippen MR) is 89.9 cm³/mol. The van der Waals surface area contributed by atoms with Crippen LogP contribution in [0.2, 0.25) is 18.1 Å². The second-order valence-electron chi connectivity index (χ2n) is 8.07. The lowest BCUT2D eigenvalue weighted by atomic mass is 9.98. The first kappa shape index (κ1) is 18.3. The van der Waals surface area contributed by atoms with Crippen molar-refractivity contribution in [2.24, 2.45) is 5.92 Å². The molecule has 0 aromatic heterocycles. The number of nitrogens with one attached hydrogen (secondary N) is 2. The summed E-state index contributed by atoms with van der Waals surface area (Å²) in [5.41, 5.74) is 0. The fourth-order valence-corrected chi connectivity index (χ4v) is 4.72. The van der Waals surface area contributed by atoms with Crippen LogP contribution < -0.4 is 10.0 Å². The number of hydrogen-bond donors (Lipinski definition) is 2. The highest BCUT2D eigenvalue weighted by Gasteiger charge is 2.48. The molecule has 2 fully saturated rings. The zero-order valence-electron chi connectivity index (χ0n) is 14.5. The first-order valence-electron chi connectivity index (χ1n) is 7.86. The van der Waals surface area contributed by atoms with Gasteiger partial charge in [-0.1, -0.05) is 20.8 Å². The molecule has 0 radical (unpaired) electrons. The van der Waals surface area contributed by atoms with Gasteiger partial charge in [0.05, 0.1) is 26.1 Å². The Balaban J connectivity index is 2.05. The molecular formula is C14H30N2O4SSi. The quantitative estimate of drug-likeness (QED) is 0.721. The molecule has 2 aliphatic heterocycles. The summed E-state index contributed by atoms with van der Waals surface area (Å²) in [7, 11) is -5.10. The van der Waals surface area contributed by atoms with E-state index in [4.69, 9.17) is 9.16 Å². The monoisotopic (exact) mass is 350 g/mol. The van der Waals surface area contributed by atoms with E-state index in [9.17, 15) is 8.42 Å². The highest BCUT2D eigenvalue weighted by molar-refractivity contribution is 7.88. The standard InChI is InChI=1S/C14H30N2O4SSi/c1-14(2,3)22(5,6)20-9-12-13(16-21(4,17)18)10-7-19-8-11(10)15-12/h10-13,15-16H,7-9H2,1-6H3/t10-,11+,12-,13?/m0/s1. The van der Waals surface area contributed by atoms with Crippen LogP contribution in [0.25, 0.3) is 0 Å². The van der Waals surface area contributed by atoms with E-state index in [2.05, 4.69) is 43.9 Å². The summed E-state index contributed by atoms with van der Waals surface area (Å²) in [5, 5.41) is 3.64. The molecule has 22 heavy (non-hydrogen) atoms. The second-order valence-corrected chi connectivity index (χ2v) is 14.7. The first-order chi connectivity index (χ1) is 9.91. The highest BCUT2D eigenvalue weighted by atomic mass is 32.2. The molecule has 2 saturated heterocycles. The van der Waals surface area contributed by atoms with E-state index < -0.39 is 18.3 Å². The van der Waals surface area contributed by atoms with Gasteiger partial charge in [-0.05, 0) is 18.1 Å². The Hall–Kier alpha value is 0.00688. The van der Waals surface area contributed by atoms with Crippen LogP contribution in [0.15, 0.2) is 0 Å². The summed E-state index contributed by atoms with van der Waals surface area (Å²) in [6, 6.07) is 0.0577. The third kappa shape index (κ3) is 4.10. The summed E-state index contributed by atoms with van der Waals surface area (Å²) in [6.07, 6.45) is 1.21. The van der Waals surface area contributed by atoms with E-state index >= 15 is 0 Å². The summed E-state index contributed by atoms with van der Waals surface area (Å²) in [4.78, 5) is 0. The van der Waals surface area contributed by atoms with Gasteiger partial charge in [-0.15, -0.1) is 0 Å². The van der Waals surface area contributed by atoms with Crippen molar-refractivity contribution in [2.75, 3.05) is 26.1 Å². The molecular weight excluding hydrogens is 320 g/mol. The molecule has 8 heteroatoms. The van der Waals surface area contributed by atoms with Crippen molar-refractivity contribution in [2.45, 2.75) is 57.0 Å². The predicted octanol–water partition coefficient (Wildman–Crippen LogP) is 0.913. The second kappa shape index (κ2) is 6.14. The van der Waals surface area contributed by atoms with E-state index in [1.807, 2.05) is 0 Å². The van der Waals surface area contributed by atoms with Crippen LogP contribution in [-0.2, 0) is 19.2 Å². The van der Waals surface area contributed by atoms with Gasteiger partial charge in [-0.3, -0.25) is 0 Å². The highest BCUT2D eigenvalue weighted by Crippen LogP contribution is 2.37. The molecule has 4 atom stereocenters. The Labute approximate surface area is 135 Å². The molecule has 0 spiro atoms. The van der Waals surface area contributed by atoms with Crippen molar-refractivity contribution in [3.05, 3.63) is 0 Å². The number of ether oxygens (including phenoxy) is 1. The maximum Gasteiger partial charge on any atom is 0.209 e. The zero-order chi connectivity index (χ0) is 16.8. The van der Waals surface area contributed by atoms with Crippen molar-refractivity contribution < 1.29 is 17.6 Å². The number of hydrogen-bond acceptors (Lipinski definition) is 5. The molecule has 0 aliphatic carbocycles. The fraction of sp³-hybridized carbons (Fsp3) is 1.00. The maximum atomic E-state index is 11.7. The Kier molecular flexibility index (Phi) is 5.12. The molecule has 0 amide bonds. The lowest BCUT2D eigenvalue weighted by molar-refractivity contribution is 0.154. The molecule has 2 N–H and O–H groups in total. The molecule has 2 aliphatic rings. The van der Waals surface area contributed by atoms with Gasteiger partial charge < -0.3 is 14.5 Å². The Morgan fingerprint density at radius 1 is 1.32 bits per heavy atom. The van der Waals surface area contributed by atoms with Crippen molar-refractivity contribution in [1.29, 1.82) is 0 Å². The average molecular weight is 351 g/mol. The van der Waals surface area contributed by atoms with Crippen molar-refractivity contribution >= 4 is 18.3 Å². The SMILES string of the molecule is CC(C)(C)[Si](C)(C)OC[C@@H]1N[C@@H]2COC[C@@H]2C1NS(C)(=O)=O. The summed E-state index contributed by atoms with van der Waals surface area (Å²) < 4.78 is 37.9. The first-order valence-corrected chi connectivity index (χ1v) is 12.7. The van der Waals surface area contributed by atoms with E-state index in [0.717, 1.165) is 0 Å². The Morgan fingerprint density at radius 3 is 2.50 bits per heavy atom. The van der Waals surface area contributed by atoms with Gasteiger partial charge in [0.2, 0.25) is 10.0 Å². The van der Waals surface area contributed by atoms with Crippen LogP contribution in [0.4, 0.5) is 0 Å². The molecule has 2 heterocycles. The molecule has 2 rings (SSSR count). The van der Waals surface area contributed by atoms with E-state index in [1.54, 1.807) is 0 Å². The zero-order valence-corrected chi connectivity index (χ0v) is 16.3. The summed E-state index contributed by atoms with van der Waals surface area (Å²) in [6.45, 7) is 12.8. The number of fused-ring (bicyclic) bond motifs is 1. The van der Waals surface area contributed by atoms with E-state index in [1.165, 1.54) is 6.26 Å². The van der Waals surface area contributed by atoms with E-state index in [0.29, 0.717) is 19.8 Å². The molecule has 1 unspecified atom stereocenters. The van der Waals surface area contributed by atoms with Crippen LogP contribution in [-0.4, -0.2) is 60.9 Å². The average Bonchev–Trinajstić information content (AvgIpc) is 2.86. The van der Waals surface area contributed by atoms with Crippen molar-refractivity contribution in [3.63, 3.8) is 0 Å². The molecule has 0 saturated carbocycles. The maximum absolute atomic E-state index is 11.7. The third-order valence-corrected chi connectivity index (χ3v) is 10.4. The largest absolute Gasteiger partial charge is 0.415 e. The van der Waals surface area contributed by atoms with Gasteiger partial charge in [-0.25, -0.2) is 13.1 Å². The Morgan fingerprint density at radius 2 is 1.95 bits per heavy atom. The minimum Gasteiger partial charge on any atom is -0.415 e. The number of sulfonamides is 1. The number of rotatable bonds is 5. The van der Waals surface area contributed by atoms with E-state index in [-0.39, 0.29) is 29.1 Å². The molecule has 130 valence electrons. The van der Waals surface area contributed by atoms with Gasteiger partial charge >= 0.3 is 0 Å². The van der Waals surface area contributed by atoms with Crippen LogP contribution in [0.3, 0.4) is 0 Å². The topological polar surface area (TPSA) is 76.7 Å².